The van der Waals surface area contributed by atoms with E-state index in [4.69, 9.17) is 23.0 Å². The van der Waals surface area contributed by atoms with E-state index in [0.717, 1.165) is 62.5 Å². The molecule has 1 fully saturated rings. The van der Waals surface area contributed by atoms with Crippen LogP contribution < -0.4 is 33.5 Å². The molecule has 0 saturated carbocycles. The predicted octanol–water partition coefficient (Wildman–Crippen LogP) is 0.968. The van der Waals surface area contributed by atoms with Gasteiger partial charge >= 0.3 is 0 Å². The predicted molar refractivity (Wildman–Crippen MR) is 127 cm³/mol. The van der Waals surface area contributed by atoms with Crippen molar-refractivity contribution in [1.82, 2.24) is 10.4 Å². The van der Waals surface area contributed by atoms with Crippen LogP contribution >= 0.6 is 0 Å². The second kappa shape index (κ2) is 11.5. The summed E-state index contributed by atoms with van der Waals surface area (Å²) in [5.41, 5.74) is 25.6. The van der Waals surface area contributed by atoms with E-state index in [1.807, 2.05) is 6.08 Å². The Morgan fingerprint density at radius 3 is 2.47 bits per heavy atom. The number of piperazine rings is 1. The van der Waals surface area contributed by atoms with Gasteiger partial charge in [0.15, 0.2) is 5.84 Å². The molecule has 0 bridgehead atoms. The Balaban J connectivity index is 2.29. The number of aryl methyl sites for hydroxylation is 1. The average molecular weight is 415 g/mol. The first-order chi connectivity index (χ1) is 14.4. The number of allylic oxidation sites excluding steroid dienone is 2. The van der Waals surface area contributed by atoms with Gasteiger partial charge in [-0.25, -0.2) is 11.4 Å². The lowest BCUT2D eigenvalue weighted by Gasteiger charge is -2.37. The van der Waals surface area contributed by atoms with Crippen LogP contribution in [0.1, 0.15) is 37.5 Å². The number of anilines is 1. The average Bonchev–Trinajstić information content (AvgIpc) is 2.71. The monoisotopic (exact) mass is 414 g/mol. The van der Waals surface area contributed by atoms with E-state index in [1.54, 1.807) is 6.08 Å². The van der Waals surface area contributed by atoms with E-state index in [1.165, 1.54) is 17.3 Å². The SMILES string of the molecule is CCc1cc(CC(C)C)cc(N2CCN(C/C(N)=C/C=C\N)CC2)c1/C(N)=N/NN. The van der Waals surface area contributed by atoms with Gasteiger partial charge < -0.3 is 22.1 Å². The Labute approximate surface area is 180 Å². The van der Waals surface area contributed by atoms with Gasteiger partial charge in [-0.2, -0.15) is 0 Å². The fourth-order valence-corrected chi connectivity index (χ4v) is 3.93. The van der Waals surface area contributed by atoms with Crippen LogP contribution in [-0.4, -0.2) is 43.5 Å². The summed E-state index contributed by atoms with van der Waals surface area (Å²) in [6.45, 7) is 11.0. The molecule has 1 heterocycles. The number of rotatable bonds is 9. The smallest absolute Gasteiger partial charge is 0.154 e. The normalized spacial score (nSPS) is 16.6. The van der Waals surface area contributed by atoms with Gasteiger partial charge in [0, 0.05) is 49.7 Å². The standard InChI is InChI=1S/C22H38N8/c1-4-18-13-17(12-16(2)3)14-20(21(18)22(25)27-28-26)30-10-8-29(9-11-30)15-19(24)6-5-7-23/h5-7,13-14,16,28H,4,8-12,15,23-24,26H2,1-3H3,(H2,25,27)/b7-5-,19-6-. The lowest BCUT2D eigenvalue weighted by atomic mass is 9.93. The molecule has 1 aliphatic heterocycles. The second-order valence-electron chi connectivity index (χ2n) is 8.12. The van der Waals surface area contributed by atoms with Crippen LogP contribution in [0.25, 0.3) is 0 Å². The van der Waals surface area contributed by atoms with Crippen LogP contribution in [0.4, 0.5) is 5.69 Å². The summed E-state index contributed by atoms with van der Waals surface area (Å²) in [4.78, 5) is 4.75. The number of hydrazine groups is 1. The van der Waals surface area contributed by atoms with Gasteiger partial charge in [0.05, 0.1) is 0 Å². The van der Waals surface area contributed by atoms with E-state index in [-0.39, 0.29) is 0 Å². The molecule has 0 atom stereocenters. The van der Waals surface area contributed by atoms with Gasteiger partial charge in [0.25, 0.3) is 0 Å². The fraction of sp³-hybridized carbons (Fsp3) is 0.500. The number of benzene rings is 1. The minimum atomic E-state index is 0.420. The zero-order valence-corrected chi connectivity index (χ0v) is 18.6. The number of nitrogens with one attached hydrogen (secondary N) is 1. The number of amidine groups is 1. The molecule has 1 aromatic carbocycles. The van der Waals surface area contributed by atoms with Gasteiger partial charge in [0.1, 0.15) is 0 Å². The van der Waals surface area contributed by atoms with E-state index in [0.29, 0.717) is 11.8 Å². The molecule has 9 N–H and O–H groups in total. The Kier molecular flexibility index (Phi) is 9.01. The highest BCUT2D eigenvalue weighted by molar-refractivity contribution is 6.04. The van der Waals surface area contributed by atoms with Crippen LogP contribution in [0.5, 0.6) is 0 Å². The first-order valence-corrected chi connectivity index (χ1v) is 10.6. The van der Waals surface area contributed by atoms with Crippen molar-refractivity contribution in [2.75, 3.05) is 37.6 Å². The van der Waals surface area contributed by atoms with E-state index in [9.17, 15) is 0 Å². The van der Waals surface area contributed by atoms with Gasteiger partial charge in [-0.05, 0) is 54.3 Å². The highest BCUT2D eigenvalue weighted by Crippen LogP contribution is 2.29. The number of hydrogen-bond donors (Lipinski definition) is 5. The number of hydrogen-bond acceptors (Lipinski definition) is 7. The molecule has 0 aliphatic carbocycles. The van der Waals surface area contributed by atoms with Crippen LogP contribution in [0, 0.1) is 5.92 Å². The van der Waals surface area contributed by atoms with Crippen molar-refractivity contribution in [3.05, 3.63) is 52.9 Å². The molecule has 8 heteroatoms. The molecule has 30 heavy (non-hydrogen) atoms. The van der Waals surface area contributed by atoms with Crippen molar-refractivity contribution in [2.45, 2.75) is 33.6 Å². The lowest BCUT2D eigenvalue weighted by Crippen LogP contribution is -2.48. The van der Waals surface area contributed by atoms with Crippen molar-refractivity contribution in [3.63, 3.8) is 0 Å². The first-order valence-electron chi connectivity index (χ1n) is 10.6. The zero-order chi connectivity index (χ0) is 22.1. The van der Waals surface area contributed by atoms with E-state index in [2.05, 4.69) is 53.3 Å². The number of nitrogens with zero attached hydrogens (tertiary/aromatic N) is 3. The molecule has 1 aromatic rings. The van der Waals surface area contributed by atoms with Crippen molar-refractivity contribution < 1.29 is 0 Å². The van der Waals surface area contributed by atoms with Crippen LogP contribution in [0.15, 0.2) is 41.3 Å². The van der Waals surface area contributed by atoms with E-state index >= 15 is 0 Å². The fourth-order valence-electron chi connectivity index (χ4n) is 3.93. The molecule has 0 spiro atoms. The maximum Gasteiger partial charge on any atom is 0.154 e. The third-order valence-corrected chi connectivity index (χ3v) is 5.27. The minimum Gasteiger partial charge on any atom is -0.405 e. The molecular formula is C22H38N8. The van der Waals surface area contributed by atoms with Crippen molar-refractivity contribution in [3.8, 4) is 0 Å². The maximum absolute atomic E-state index is 6.31. The zero-order valence-electron chi connectivity index (χ0n) is 18.6. The van der Waals surface area contributed by atoms with Crippen molar-refractivity contribution >= 4 is 11.5 Å². The molecule has 0 unspecified atom stereocenters. The van der Waals surface area contributed by atoms with Gasteiger partial charge in [-0.3, -0.25) is 4.90 Å². The molecular weight excluding hydrogens is 376 g/mol. The number of nitrogens with two attached hydrogens (primary N) is 4. The molecule has 0 radical (unpaired) electrons. The van der Waals surface area contributed by atoms with Gasteiger partial charge in [0.2, 0.25) is 0 Å². The summed E-state index contributed by atoms with van der Waals surface area (Å²) in [5.74, 6) is 6.42. The summed E-state index contributed by atoms with van der Waals surface area (Å²) in [7, 11) is 0. The molecule has 1 saturated heterocycles. The van der Waals surface area contributed by atoms with Crippen LogP contribution in [0.2, 0.25) is 0 Å². The maximum atomic E-state index is 6.31. The Hall–Kier alpha value is -2.71. The van der Waals surface area contributed by atoms with Gasteiger partial charge in [-0.15, -0.1) is 5.10 Å². The van der Waals surface area contributed by atoms with Gasteiger partial charge in [-0.1, -0.05) is 26.8 Å². The highest BCUT2D eigenvalue weighted by atomic mass is 15.5. The summed E-state index contributed by atoms with van der Waals surface area (Å²) in [6.07, 6.45) is 7.01. The molecule has 166 valence electrons. The van der Waals surface area contributed by atoms with Crippen molar-refractivity contribution in [1.29, 1.82) is 0 Å². The first kappa shape index (κ1) is 23.6. The Bertz CT molecular complexity index is 774. The summed E-state index contributed by atoms with van der Waals surface area (Å²) in [5, 5.41) is 4.08. The topological polar surface area (TPSA) is 135 Å². The summed E-state index contributed by atoms with van der Waals surface area (Å²) >= 11 is 0. The lowest BCUT2D eigenvalue weighted by molar-refractivity contribution is 0.277. The van der Waals surface area contributed by atoms with Crippen molar-refractivity contribution in [2.24, 2.45) is 34.1 Å². The largest absolute Gasteiger partial charge is 0.405 e. The van der Waals surface area contributed by atoms with Crippen LogP contribution in [0.3, 0.4) is 0 Å². The van der Waals surface area contributed by atoms with E-state index < -0.39 is 0 Å². The summed E-state index contributed by atoms with van der Waals surface area (Å²) < 4.78 is 0. The minimum absolute atomic E-state index is 0.420. The second-order valence-corrected chi connectivity index (χ2v) is 8.12. The number of hydrazone groups is 1. The molecule has 0 amide bonds. The highest BCUT2D eigenvalue weighted by Gasteiger charge is 2.23. The molecule has 2 rings (SSSR count). The molecule has 0 aromatic heterocycles. The third-order valence-electron chi connectivity index (χ3n) is 5.27. The van der Waals surface area contributed by atoms with Crippen LogP contribution in [-0.2, 0) is 12.8 Å². The summed E-state index contributed by atoms with van der Waals surface area (Å²) in [6, 6.07) is 4.52. The molecule has 8 nitrogen and oxygen atoms in total. The Morgan fingerprint density at radius 1 is 1.20 bits per heavy atom. The molecule has 1 aliphatic rings. The quantitative estimate of drug-likeness (QED) is 0.134. The third kappa shape index (κ3) is 6.40. The Morgan fingerprint density at radius 2 is 1.90 bits per heavy atom.